The Morgan fingerprint density at radius 2 is 1.61 bits per heavy atom. The topological polar surface area (TPSA) is 61.9 Å². The third kappa shape index (κ3) is 6.92. The van der Waals surface area contributed by atoms with E-state index in [2.05, 4.69) is 22.3 Å². The van der Waals surface area contributed by atoms with Crippen molar-refractivity contribution in [1.29, 1.82) is 0 Å². The maximum absolute atomic E-state index is 14.0. The molecule has 41 heavy (non-hydrogen) atoms. The molecular formula is C34H34FN3O3. The Bertz CT molecular complexity index is 1460. The molecule has 0 fully saturated rings. The Hall–Kier alpha value is -4.65. The Morgan fingerprint density at radius 3 is 2.34 bits per heavy atom. The number of methoxy groups -OCH3 is 1. The average Bonchev–Trinajstić information content (AvgIpc) is 3.43. The Morgan fingerprint density at radius 1 is 0.902 bits per heavy atom. The smallest absolute Gasteiger partial charge is 0.247 e. The van der Waals surface area contributed by atoms with Crippen LogP contribution in [-0.4, -0.2) is 36.9 Å². The summed E-state index contributed by atoms with van der Waals surface area (Å²) >= 11 is 0. The highest BCUT2D eigenvalue weighted by molar-refractivity contribution is 5.89. The lowest BCUT2D eigenvalue weighted by Gasteiger charge is -2.32. The third-order valence-corrected chi connectivity index (χ3v) is 7.47. The molecule has 4 aromatic carbocycles. The molecule has 7 heteroatoms. The molecule has 5 rings (SSSR count). The summed E-state index contributed by atoms with van der Waals surface area (Å²) in [4.78, 5) is 31.7. The monoisotopic (exact) mass is 551 g/mol. The second-order valence-corrected chi connectivity index (χ2v) is 10.1. The number of hydrogen-bond donors (Lipinski definition) is 1. The molecule has 0 aromatic heterocycles. The normalized spacial score (nSPS) is 12.9. The molecule has 1 heterocycles. The van der Waals surface area contributed by atoms with Crippen molar-refractivity contribution in [2.45, 2.75) is 32.0 Å². The minimum absolute atomic E-state index is 0.158. The van der Waals surface area contributed by atoms with Crippen LogP contribution in [0.5, 0.6) is 5.75 Å². The van der Waals surface area contributed by atoms with Gasteiger partial charge in [-0.25, -0.2) is 4.39 Å². The summed E-state index contributed by atoms with van der Waals surface area (Å²) in [6.45, 7) is 1.88. The van der Waals surface area contributed by atoms with Crippen LogP contribution in [0.15, 0.2) is 103 Å². The Balaban J connectivity index is 1.43. The van der Waals surface area contributed by atoms with Gasteiger partial charge in [0, 0.05) is 38.3 Å². The molecule has 1 atom stereocenters. The Kier molecular flexibility index (Phi) is 8.94. The summed E-state index contributed by atoms with van der Waals surface area (Å²) in [5.41, 5.74) is 4.79. The number of hydrogen-bond acceptors (Lipinski definition) is 4. The Labute approximate surface area is 240 Å². The van der Waals surface area contributed by atoms with E-state index in [-0.39, 0.29) is 30.6 Å². The van der Waals surface area contributed by atoms with E-state index in [1.807, 2.05) is 54.6 Å². The average molecular weight is 552 g/mol. The zero-order chi connectivity index (χ0) is 28.6. The highest BCUT2D eigenvalue weighted by atomic mass is 19.1. The minimum atomic E-state index is -0.895. The van der Waals surface area contributed by atoms with Gasteiger partial charge in [-0.1, -0.05) is 72.8 Å². The van der Waals surface area contributed by atoms with Gasteiger partial charge in [0.25, 0.3) is 0 Å². The van der Waals surface area contributed by atoms with Crippen molar-refractivity contribution in [1.82, 2.24) is 10.2 Å². The van der Waals surface area contributed by atoms with Crippen LogP contribution < -0.4 is 15.0 Å². The fourth-order valence-electron chi connectivity index (χ4n) is 5.26. The summed E-state index contributed by atoms with van der Waals surface area (Å²) in [7, 11) is 1.58. The standard InChI is InChI=1S/C34H34FN3O3/c1-41-30-17-13-28(14-18-30)33(34(40)36-23-25-7-3-2-4-8-25)38(24-26-11-15-29(35)16-12-26)32(39)20-22-37-21-19-27-9-5-6-10-31(27)37/h2-18,33H,19-24H2,1H3,(H,36,40). The molecule has 0 aliphatic carbocycles. The summed E-state index contributed by atoms with van der Waals surface area (Å²) < 4.78 is 19.1. The molecule has 0 bridgehead atoms. The second-order valence-electron chi connectivity index (χ2n) is 10.1. The first-order valence-corrected chi connectivity index (χ1v) is 13.8. The van der Waals surface area contributed by atoms with E-state index in [4.69, 9.17) is 4.74 Å². The molecule has 4 aromatic rings. The van der Waals surface area contributed by atoms with Gasteiger partial charge in [0.1, 0.15) is 17.6 Å². The number of fused-ring (bicyclic) bond motifs is 1. The van der Waals surface area contributed by atoms with E-state index in [0.29, 0.717) is 24.4 Å². The first kappa shape index (κ1) is 27.9. The highest BCUT2D eigenvalue weighted by Gasteiger charge is 2.32. The maximum Gasteiger partial charge on any atom is 0.247 e. The number of carbonyl (C=O) groups excluding carboxylic acids is 2. The lowest BCUT2D eigenvalue weighted by Crippen LogP contribution is -2.44. The van der Waals surface area contributed by atoms with Crippen LogP contribution in [0.3, 0.4) is 0 Å². The van der Waals surface area contributed by atoms with Crippen molar-refractivity contribution in [2.24, 2.45) is 0 Å². The van der Waals surface area contributed by atoms with Gasteiger partial charge in [-0.2, -0.15) is 0 Å². The number of amides is 2. The van der Waals surface area contributed by atoms with E-state index >= 15 is 0 Å². The van der Waals surface area contributed by atoms with Crippen molar-refractivity contribution < 1.29 is 18.7 Å². The quantitative estimate of drug-likeness (QED) is 0.261. The number of anilines is 1. The SMILES string of the molecule is COc1ccc(C(C(=O)NCc2ccccc2)N(Cc2ccc(F)cc2)C(=O)CCN2CCc3ccccc32)cc1. The van der Waals surface area contributed by atoms with Gasteiger partial charge < -0.3 is 19.9 Å². The first-order valence-electron chi connectivity index (χ1n) is 13.8. The molecule has 0 spiro atoms. The molecule has 1 aliphatic heterocycles. The molecule has 1 N–H and O–H groups in total. The summed E-state index contributed by atoms with van der Waals surface area (Å²) in [5.74, 6) is -0.150. The zero-order valence-electron chi connectivity index (χ0n) is 23.1. The molecule has 2 amide bonds. The lowest BCUT2D eigenvalue weighted by atomic mass is 10.0. The van der Waals surface area contributed by atoms with Crippen molar-refractivity contribution in [3.63, 3.8) is 0 Å². The van der Waals surface area contributed by atoms with E-state index < -0.39 is 6.04 Å². The van der Waals surface area contributed by atoms with Crippen LogP contribution >= 0.6 is 0 Å². The van der Waals surface area contributed by atoms with E-state index in [0.717, 1.165) is 29.8 Å². The molecule has 0 saturated heterocycles. The number of para-hydroxylation sites is 1. The third-order valence-electron chi connectivity index (χ3n) is 7.47. The molecule has 0 radical (unpaired) electrons. The van der Waals surface area contributed by atoms with E-state index in [9.17, 15) is 14.0 Å². The molecular weight excluding hydrogens is 517 g/mol. The van der Waals surface area contributed by atoms with E-state index in [1.54, 1.807) is 36.3 Å². The number of carbonyl (C=O) groups is 2. The zero-order valence-corrected chi connectivity index (χ0v) is 23.1. The van der Waals surface area contributed by atoms with Crippen LogP contribution in [0.4, 0.5) is 10.1 Å². The first-order chi connectivity index (χ1) is 20.0. The van der Waals surface area contributed by atoms with Crippen molar-refractivity contribution in [3.05, 3.63) is 131 Å². The van der Waals surface area contributed by atoms with Crippen LogP contribution in [0, 0.1) is 5.82 Å². The largest absolute Gasteiger partial charge is 0.497 e. The molecule has 1 aliphatic rings. The van der Waals surface area contributed by atoms with Gasteiger partial charge in [0.05, 0.1) is 7.11 Å². The lowest BCUT2D eigenvalue weighted by molar-refractivity contribution is -0.141. The van der Waals surface area contributed by atoms with Crippen LogP contribution in [-0.2, 0) is 29.1 Å². The number of benzene rings is 4. The van der Waals surface area contributed by atoms with Gasteiger partial charge in [0.15, 0.2) is 0 Å². The minimum Gasteiger partial charge on any atom is -0.497 e. The van der Waals surface area contributed by atoms with Gasteiger partial charge >= 0.3 is 0 Å². The van der Waals surface area contributed by atoms with E-state index in [1.165, 1.54) is 17.7 Å². The summed E-state index contributed by atoms with van der Waals surface area (Å²) in [5, 5.41) is 3.03. The predicted molar refractivity (Wildman–Crippen MR) is 158 cm³/mol. The van der Waals surface area contributed by atoms with Crippen molar-refractivity contribution >= 4 is 17.5 Å². The van der Waals surface area contributed by atoms with Crippen LogP contribution in [0.25, 0.3) is 0 Å². The molecule has 1 unspecified atom stereocenters. The van der Waals surface area contributed by atoms with Gasteiger partial charge in [0.2, 0.25) is 11.8 Å². The van der Waals surface area contributed by atoms with Crippen molar-refractivity contribution in [3.8, 4) is 5.75 Å². The van der Waals surface area contributed by atoms with Crippen LogP contribution in [0.2, 0.25) is 0 Å². The van der Waals surface area contributed by atoms with Gasteiger partial charge in [-0.05, 0) is 59.0 Å². The molecule has 6 nitrogen and oxygen atoms in total. The van der Waals surface area contributed by atoms with Crippen LogP contribution in [0.1, 0.15) is 34.7 Å². The predicted octanol–water partition coefficient (Wildman–Crippen LogP) is 5.67. The van der Waals surface area contributed by atoms with Gasteiger partial charge in [-0.15, -0.1) is 0 Å². The number of nitrogens with one attached hydrogen (secondary N) is 1. The highest BCUT2D eigenvalue weighted by Crippen LogP contribution is 2.29. The number of ether oxygens (including phenoxy) is 1. The summed E-state index contributed by atoms with van der Waals surface area (Å²) in [6, 6.07) is 30.2. The summed E-state index contributed by atoms with van der Waals surface area (Å²) in [6.07, 6.45) is 1.17. The number of rotatable bonds is 11. The van der Waals surface area contributed by atoms with Gasteiger partial charge in [-0.3, -0.25) is 9.59 Å². The fraction of sp³-hybridized carbons (Fsp3) is 0.235. The molecule has 210 valence electrons. The van der Waals surface area contributed by atoms with Crippen molar-refractivity contribution in [2.75, 3.05) is 25.1 Å². The maximum atomic E-state index is 14.0. The number of nitrogens with zero attached hydrogens (tertiary/aromatic N) is 2. The molecule has 0 saturated carbocycles. The fourth-order valence-corrected chi connectivity index (χ4v) is 5.26. The second kappa shape index (κ2) is 13.1. The number of halogens is 1.